The van der Waals surface area contributed by atoms with Crippen molar-refractivity contribution < 1.29 is 14.4 Å². The summed E-state index contributed by atoms with van der Waals surface area (Å²) in [5.41, 5.74) is 4.07. The van der Waals surface area contributed by atoms with E-state index in [1.807, 2.05) is 73.7 Å². The normalized spacial score (nSPS) is 10.4. The van der Waals surface area contributed by atoms with Crippen LogP contribution in [0.1, 0.15) is 33.2 Å². The van der Waals surface area contributed by atoms with Crippen molar-refractivity contribution in [1.29, 1.82) is 0 Å². The molecule has 3 amide bonds. The summed E-state index contributed by atoms with van der Waals surface area (Å²) in [6.45, 7) is 2.96. The maximum atomic E-state index is 13.1. The Hall–Kier alpha value is -4.91. The van der Waals surface area contributed by atoms with Crippen LogP contribution in [-0.2, 0) is 11.3 Å². The van der Waals surface area contributed by atoms with Crippen molar-refractivity contribution in [3.8, 4) is 0 Å². The monoisotopic (exact) mass is 520 g/mol. The Kier molecular flexibility index (Phi) is 9.08. The van der Waals surface area contributed by atoms with Crippen molar-refractivity contribution in [2.24, 2.45) is 0 Å². The summed E-state index contributed by atoms with van der Waals surface area (Å²) in [4.78, 5) is 42.1. The van der Waals surface area contributed by atoms with Crippen molar-refractivity contribution >= 4 is 34.8 Å². The molecule has 0 atom stereocenters. The highest BCUT2D eigenvalue weighted by atomic mass is 16.2. The van der Waals surface area contributed by atoms with Crippen LogP contribution >= 0.6 is 0 Å². The van der Waals surface area contributed by atoms with Crippen molar-refractivity contribution in [1.82, 2.24) is 4.90 Å². The number of hydrogen-bond donors (Lipinski definition) is 2. The number of amides is 3. The molecule has 0 fully saturated rings. The summed E-state index contributed by atoms with van der Waals surface area (Å²) in [6, 6.07) is 33.3. The lowest BCUT2D eigenvalue weighted by atomic mass is 10.1. The fraction of sp³-hybridized carbons (Fsp3) is 0.156. The Morgan fingerprint density at radius 3 is 1.95 bits per heavy atom. The molecule has 0 aliphatic carbocycles. The summed E-state index contributed by atoms with van der Waals surface area (Å²) < 4.78 is 0. The van der Waals surface area contributed by atoms with E-state index >= 15 is 0 Å². The molecular formula is C32H32N4O3. The predicted molar refractivity (Wildman–Crippen MR) is 156 cm³/mol. The van der Waals surface area contributed by atoms with E-state index in [0.717, 1.165) is 11.3 Å². The molecule has 0 heterocycles. The van der Waals surface area contributed by atoms with Gasteiger partial charge in [-0.25, -0.2) is 0 Å². The molecular weight excluding hydrogens is 488 g/mol. The van der Waals surface area contributed by atoms with Gasteiger partial charge in [-0.05, 0) is 61.0 Å². The molecule has 2 N–H and O–H groups in total. The maximum absolute atomic E-state index is 13.1. The molecule has 4 aromatic carbocycles. The first-order valence-electron chi connectivity index (χ1n) is 12.8. The molecule has 0 spiro atoms. The van der Waals surface area contributed by atoms with Gasteiger partial charge in [-0.1, -0.05) is 60.7 Å². The van der Waals surface area contributed by atoms with Gasteiger partial charge in [0.05, 0.1) is 6.54 Å². The Labute approximate surface area is 229 Å². The molecule has 198 valence electrons. The highest BCUT2D eigenvalue weighted by Gasteiger charge is 2.17. The van der Waals surface area contributed by atoms with Crippen LogP contribution in [-0.4, -0.2) is 42.8 Å². The molecule has 0 aliphatic rings. The SMILES string of the molecule is CCN(C(=O)c1cccc(NCC(=O)Nc2cccc(C(=O)N(C)Cc3ccccc3)c2)c1)c1ccccc1. The molecule has 39 heavy (non-hydrogen) atoms. The largest absolute Gasteiger partial charge is 0.376 e. The van der Waals surface area contributed by atoms with Crippen molar-refractivity contribution in [2.75, 3.05) is 35.7 Å². The number of anilines is 3. The van der Waals surface area contributed by atoms with Gasteiger partial charge in [0.25, 0.3) is 11.8 Å². The minimum absolute atomic E-state index is 0.0000941. The number of rotatable bonds is 10. The molecule has 7 nitrogen and oxygen atoms in total. The van der Waals surface area contributed by atoms with E-state index in [1.165, 1.54) is 0 Å². The van der Waals surface area contributed by atoms with Crippen LogP contribution in [0, 0.1) is 0 Å². The number of hydrogen-bond acceptors (Lipinski definition) is 4. The second-order valence-corrected chi connectivity index (χ2v) is 9.10. The van der Waals surface area contributed by atoms with E-state index in [0.29, 0.717) is 35.6 Å². The van der Waals surface area contributed by atoms with Gasteiger partial charge in [0, 0.05) is 48.3 Å². The quantitative estimate of drug-likeness (QED) is 0.282. The molecule has 4 rings (SSSR count). The van der Waals surface area contributed by atoms with E-state index in [9.17, 15) is 14.4 Å². The van der Waals surface area contributed by atoms with Crippen LogP contribution < -0.4 is 15.5 Å². The smallest absolute Gasteiger partial charge is 0.258 e. The van der Waals surface area contributed by atoms with Gasteiger partial charge in [-0.2, -0.15) is 0 Å². The number of nitrogens with one attached hydrogen (secondary N) is 2. The Bertz CT molecular complexity index is 1420. The second-order valence-electron chi connectivity index (χ2n) is 9.10. The van der Waals surface area contributed by atoms with Crippen molar-refractivity contribution in [3.05, 3.63) is 126 Å². The van der Waals surface area contributed by atoms with Gasteiger partial charge in [0.15, 0.2) is 0 Å². The van der Waals surface area contributed by atoms with Crippen molar-refractivity contribution in [2.45, 2.75) is 13.5 Å². The molecule has 0 bridgehead atoms. The first-order valence-corrected chi connectivity index (χ1v) is 12.8. The number of nitrogens with zero attached hydrogens (tertiary/aromatic N) is 2. The van der Waals surface area contributed by atoms with Gasteiger partial charge in [-0.3, -0.25) is 14.4 Å². The topological polar surface area (TPSA) is 81.8 Å². The van der Waals surface area contributed by atoms with E-state index in [2.05, 4.69) is 10.6 Å². The third-order valence-electron chi connectivity index (χ3n) is 6.19. The maximum Gasteiger partial charge on any atom is 0.258 e. The van der Waals surface area contributed by atoms with E-state index < -0.39 is 0 Å². The molecule has 7 heteroatoms. The van der Waals surface area contributed by atoms with Gasteiger partial charge >= 0.3 is 0 Å². The van der Waals surface area contributed by atoms with Gasteiger partial charge < -0.3 is 20.4 Å². The fourth-order valence-electron chi connectivity index (χ4n) is 4.24. The average molecular weight is 521 g/mol. The van der Waals surface area contributed by atoms with Crippen LogP contribution in [0.4, 0.5) is 17.1 Å². The average Bonchev–Trinajstić information content (AvgIpc) is 2.97. The minimum Gasteiger partial charge on any atom is -0.376 e. The molecule has 0 saturated heterocycles. The standard InChI is InChI=1S/C32H32N4O3/c1-3-36(29-18-8-5-9-19-29)32(39)26-15-10-16-27(20-26)33-22-30(37)34-28-17-11-14-25(21-28)31(38)35(2)23-24-12-6-4-7-13-24/h4-21,33H,3,22-23H2,1-2H3,(H,34,37). The minimum atomic E-state index is -0.270. The molecule has 0 saturated carbocycles. The summed E-state index contributed by atoms with van der Waals surface area (Å²) >= 11 is 0. The van der Waals surface area contributed by atoms with Gasteiger partial charge in [0.2, 0.25) is 5.91 Å². The number of carbonyl (C=O) groups is 3. The Morgan fingerprint density at radius 2 is 1.28 bits per heavy atom. The zero-order chi connectivity index (χ0) is 27.6. The molecule has 0 unspecified atom stereocenters. The first-order chi connectivity index (χ1) is 18.9. The van der Waals surface area contributed by atoms with Crippen LogP contribution in [0.25, 0.3) is 0 Å². The van der Waals surface area contributed by atoms with Gasteiger partial charge in [0.1, 0.15) is 0 Å². The number of carbonyl (C=O) groups excluding carboxylic acids is 3. The van der Waals surface area contributed by atoms with Crippen LogP contribution in [0.2, 0.25) is 0 Å². The summed E-state index contributed by atoms with van der Waals surface area (Å²) in [7, 11) is 1.75. The van der Waals surface area contributed by atoms with Crippen molar-refractivity contribution in [3.63, 3.8) is 0 Å². The van der Waals surface area contributed by atoms with Gasteiger partial charge in [-0.15, -0.1) is 0 Å². The first kappa shape index (κ1) is 27.1. The van der Waals surface area contributed by atoms with Crippen LogP contribution in [0.15, 0.2) is 109 Å². The van der Waals surface area contributed by atoms with E-state index in [1.54, 1.807) is 59.3 Å². The highest BCUT2D eigenvalue weighted by molar-refractivity contribution is 6.06. The van der Waals surface area contributed by atoms with Crippen LogP contribution in [0.5, 0.6) is 0 Å². The highest BCUT2D eigenvalue weighted by Crippen LogP contribution is 2.19. The van der Waals surface area contributed by atoms with E-state index in [4.69, 9.17) is 0 Å². The molecule has 0 radical (unpaired) electrons. The Morgan fingerprint density at radius 1 is 0.692 bits per heavy atom. The Balaban J connectivity index is 1.34. The zero-order valence-electron chi connectivity index (χ0n) is 22.1. The fourth-order valence-corrected chi connectivity index (χ4v) is 4.24. The molecule has 0 aromatic heterocycles. The molecule has 4 aromatic rings. The lowest BCUT2D eigenvalue weighted by Gasteiger charge is -2.21. The second kappa shape index (κ2) is 13.1. The lowest BCUT2D eigenvalue weighted by molar-refractivity contribution is -0.114. The summed E-state index contributed by atoms with van der Waals surface area (Å²) in [5, 5.41) is 5.92. The third-order valence-corrected chi connectivity index (χ3v) is 6.19. The third kappa shape index (κ3) is 7.32. The predicted octanol–water partition coefficient (Wildman–Crippen LogP) is 5.68. The number of para-hydroxylation sites is 1. The molecule has 0 aliphatic heterocycles. The lowest BCUT2D eigenvalue weighted by Crippen LogP contribution is -2.30. The summed E-state index contributed by atoms with van der Waals surface area (Å²) in [6.07, 6.45) is 0. The van der Waals surface area contributed by atoms with Crippen LogP contribution in [0.3, 0.4) is 0 Å². The summed E-state index contributed by atoms with van der Waals surface area (Å²) in [5.74, 6) is -0.518. The zero-order valence-corrected chi connectivity index (χ0v) is 22.1. The number of benzene rings is 4. The van der Waals surface area contributed by atoms with E-state index in [-0.39, 0.29) is 24.3 Å².